The van der Waals surface area contributed by atoms with Crippen molar-refractivity contribution >= 4 is 5.91 Å². The third kappa shape index (κ3) is 4.18. The highest BCUT2D eigenvalue weighted by molar-refractivity contribution is 5.76. The molecule has 2 fully saturated rings. The van der Waals surface area contributed by atoms with Crippen LogP contribution in [-0.4, -0.2) is 59.6 Å². The van der Waals surface area contributed by atoms with Crippen LogP contribution in [0.3, 0.4) is 0 Å². The summed E-state index contributed by atoms with van der Waals surface area (Å²) in [5, 5.41) is 9.27. The van der Waals surface area contributed by atoms with Crippen LogP contribution in [-0.2, 0) is 4.79 Å². The van der Waals surface area contributed by atoms with E-state index in [1.54, 1.807) is 0 Å². The van der Waals surface area contributed by atoms with E-state index < -0.39 is 0 Å². The minimum atomic E-state index is 0.281. The third-order valence-corrected chi connectivity index (χ3v) is 4.69. The maximum Gasteiger partial charge on any atom is 0.223 e. The molecule has 110 valence electrons. The van der Waals surface area contributed by atoms with Crippen molar-refractivity contribution in [2.45, 2.75) is 51.5 Å². The van der Waals surface area contributed by atoms with Gasteiger partial charge in [-0.2, -0.15) is 0 Å². The van der Waals surface area contributed by atoms with Crippen molar-refractivity contribution < 1.29 is 9.90 Å². The van der Waals surface area contributed by atoms with Crippen LogP contribution >= 0.6 is 0 Å². The molecule has 1 N–H and O–H groups in total. The van der Waals surface area contributed by atoms with Crippen molar-refractivity contribution in [2.24, 2.45) is 5.92 Å². The second-order valence-electron chi connectivity index (χ2n) is 6.16. The first-order valence-corrected chi connectivity index (χ1v) is 7.83. The summed E-state index contributed by atoms with van der Waals surface area (Å²) in [6, 6.07) is 0.553. The first kappa shape index (κ1) is 14.8. The van der Waals surface area contributed by atoms with Crippen LogP contribution in [0.15, 0.2) is 0 Å². The number of nitrogens with zero attached hydrogens (tertiary/aromatic N) is 2. The Morgan fingerprint density at radius 1 is 1.21 bits per heavy atom. The summed E-state index contributed by atoms with van der Waals surface area (Å²) >= 11 is 0. The quantitative estimate of drug-likeness (QED) is 0.840. The maximum atomic E-state index is 12.1. The van der Waals surface area contributed by atoms with Gasteiger partial charge in [-0.1, -0.05) is 0 Å². The third-order valence-electron chi connectivity index (χ3n) is 4.69. The van der Waals surface area contributed by atoms with E-state index in [9.17, 15) is 9.90 Å². The van der Waals surface area contributed by atoms with Crippen molar-refractivity contribution in [2.75, 3.05) is 32.8 Å². The minimum absolute atomic E-state index is 0.281. The van der Waals surface area contributed by atoms with E-state index in [0.717, 1.165) is 39.0 Å². The van der Waals surface area contributed by atoms with Crippen LogP contribution in [0.4, 0.5) is 0 Å². The van der Waals surface area contributed by atoms with Crippen molar-refractivity contribution in [3.8, 4) is 0 Å². The second-order valence-corrected chi connectivity index (χ2v) is 6.16. The fourth-order valence-electron chi connectivity index (χ4n) is 3.26. The Labute approximate surface area is 116 Å². The van der Waals surface area contributed by atoms with Crippen molar-refractivity contribution in [1.82, 2.24) is 9.80 Å². The number of likely N-dealkylation sites (tertiary alicyclic amines) is 2. The average Bonchev–Trinajstić information content (AvgIpc) is 2.47. The van der Waals surface area contributed by atoms with E-state index in [2.05, 4.69) is 11.8 Å². The van der Waals surface area contributed by atoms with Crippen LogP contribution in [0.2, 0.25) is 0 Å². The summed E-state index contributed by atoms with van der Waals surface area (Å²) in [5.74, 6) is 0.722. The smallest absolute Gasteiger partial charge is 0.223 e. The molecule has 2 aliphatic heterocycles. The Bertz CT molecular complexity index is 290. The van der Waals surface area contributed by atoms with Gasteiger partial charge in [-0.15, -0.1) is 0 Å². The number of amides is 1. The van der Waals surface area contributed by atoms with Crippen molar-refractivity contribution in [1.29, 1.82) is 0 Å². The van der Waals surface area contributed by atoms with E-state index in [1.165, 1.54) is 19.3 Å². The Balaban J connectivity index is 1.75. The monoisotopic (exact) mass is 268 g/mol. The zero-order chi connectivity index (χ0) is 13.7. The van der Waals surface area contributed by atoms with Gasteiger partial charge in [0.05, 0.1) is 0 Å². The zero-order valence-electron chi connectivity index (χ0n) is 12.2. The SMILES string of the molecule is CC1CCC(CO)CN1CCC(=O)N1CCCCC1. The van der Waals surface area contributed by atoms with Gasteiger partial charge >= 0.3 is 0 Å². The van der Waals surface area contributed by atoms with Gasteiger partial charge in [0.25, 0.3) is 0 Å². The van der Waals surface area contributed by atoms with Crippen LogP contribution in [0.25, 0.3) is 0 Å². The largest absolute Gasteiger partial charge is 0.396 e. The molecule has 0 radical (unpaired) electrons. The number of hydrogen-bond donors (Lipinski definition) is 1. The van der Waals surface area contributed by atoms with Gasteiger partial charge in [0.1, 0.15) is 0 Å². The highest BCUT2D eigenvalue weighted by atomic mass is 16.3. The molecule has 0 aliphatic carbocycles. The molecule has 2 saturated heterocycles. The lowest BCUT2D eigenvalue weighted by atomic mass is 9.94. The Kier molecular flexibility index (Phi) is 5.64. The van der Waals surface area contributed by atoms with Crippen LogP contribution in [0.1, 0.15) is 45.4 Å². The molecule has 0 saturated carbocycles. The van der Waals surface area contributed by atoms with Crippen molar-refractivity contribution in [3.63, 3.8) is 0 Å². The van der Waals surface area contributed by atoms with E-state index in [1.807, 2.05) is 4.90 Å². The van der Waals surface area contributed by atoms with E-state index in [4.69, 9.17) is 0 Å². The van der Waals surface area contributed by atoms with Gasteiger partial charge in [0, 0.05) is 45.2 Å². The van der Waals surface area contributed by atoms with Crippen LogP contribution in [0, 0.1) is 5.92 Å². The highest BCUT2D eigenvalue weighted by Crippen LogP contribution is 2.21. The molecule has 4 nitrogen and oxygen atoms in total. The summed E-state index contributed by atoms with van der Waals surface area (Å²) in [6.45, 7) is 6.22. The zero-order valence-corrected chi connectivity index (χ0v) is 12.2. The first-order chi connectivity index (χ1) is 9.20. The van der Waals surface area contributed by atoms with Crippen molar-refractivity contribution in [3.05, 3.63) is 0 Å². The fraction of sp³-hybridized carbons (Fsp3) is 0.933. The molecule has 2 rings (SSSR count). The van der Waals surface area contributed by atoms with Gasteiger partial charge in [-0.3, -0.25) is 9.69 Å². The molecule has 19 heavy (non-hydrogen) atoms. The number of carbonyl (C=O) groups excluding carboxylic acids is 1. The van der Waals surface area contributed by atoms with Crippen LogP contribution < -0.4 is 0 Å². The van der Waals surface area contributed by atoms with E-state index in [0.29, 0.717) is 24.3 Å². The Hall–Kier alpha value is -0.610. The van der Waals surface area contributed by atoms with Gasteiger partial charge in [-0.25, -0.2) is 0 Å². The van der Waals surface area contributed by atoms with Gasteiger partial charge in [0.15, 0.2) is 0 Å². The lowest BCUT2D eigenvalue weighted by Crippen LogP contribution is -2.45. The number of hydrogen-bond acceptors (Lipinski definition) is 3. The average molecular weight is 268 g/mol. The number of piperidine rings is 2. The number of carbonyl (C=O) groups is 1. The summed E-state index contributed by atoms with van der Waals surface area (Å²) in [6.07, 6.45) is 6.50. The van der Waals surface area contributed by atoms with E-state index >= 15 is 0 Å². The summed E-state index contributed by atoms with van der Waals surface area (Å²) in [7, 11) is 0. The molecule has 0 aromatic heterocycles. The van der Waals surface area contributed by atoms with E-state index in [-0.39, 0.29) is 6.61 Å². The normalized spacial score (nSPS) is 29.5. The number of rotatable bonds is 4. The Morgan fingerprint density at radius 2 is 1.95 bits per heavy atom. The lowest BCUT2D eigenvalue weighted by Gasteiger charge is -2.37. The van der Waals surface area contributed by atoms with Gasteiger partial charge in [0.2, 0.25) is 5.91 Å². The predicted molar refractivity (Wildman–Crippen MR) is 75.9 cm³/mol. The minimum Gasteiger partial charge on any atom is -0.396 e. The lowest BCUT2D eigenvalue weighted by molar-refractivity contribution is -0.132. The molecular formula is C15H28N2O2. The summed E-state index contributed by atoms with van der Waals surface area (Å²) in [5.41, 5.74) is 0. The topological polar surface area (TPSA) is 43.8 Å². The molecule has 2 unspecified atom stereocenters. The highest BCUT2D eigenvalue weighted by Gasteiger charge is 2.26. The number of aliphatic hydroxyl groups is 1. The predicted octanol–water partition coefficient (Wildman–Crippen LogP) is 1.48. The molecule has 2 aliphatic rings. The summed E-state index contributed by atoms with van der Waals surface area (Å²) in [4.78, 5) is 16.6. The molecule has 0 aromatic carbocycles. The first-order valence-electron chi connectivity index (χ1n) is 7.83. The molecule has 0 spiro atoms. The molecule has 0 aromatic rings. The molecule has 2 atom stereocenters. The standard InChI is InChI=1S/C15H28N2O2/c1-13-5-6-14(12-18)11-17(13)10-7-15(19)16-8-3-2-4-9-16/h13-14,18H,2-12H2,1H3. The number of aliphatic hydroxyl groups excluding tert-OH is 1. The molecule has 4 heteroatoms. The summed E-state index contributed by atoms with van der Waals surface area (Å²) < 4.78 is 0. The maximum absolute atomic E-state index is 12.1. The fourth-order valence-corrected chi connectivity index (χ4v) is 3.26. The van der Waals surface area contributed by atoms with Gasteiger partial charge < -0.3 is 10.0 Å². The molecular weight excluding hydrogens is 240 g/mol. The molecule has 2 heterocycles. The second kappa shape index (κ2) is 7.25. The van der Waals surface area contributed by atoms with Crippen LogP contribution in [0.5, 0.6) is 0 Å². The molecule has 0 bridgehead atoms. The Morgan fingerprint density at radius 3 is 2.63 bits per heavy atom. The molecule has 1 amide bonds. The van der Waals surface area contributed by atoms with Gasteiger partial charge in [-0.05, 0) is 44.9 Å².